The SMILES string of the molecule is C.C.C.C.NOOSc1ccc(N)cc1.NOOSc1ccc2c(c1)[C@@H]1C=CC[C@@H]1[C@H](c1ccc3ccccc3c1)N2.NOOSc1ccc2c(c1)[C@H]1C=CC[C@H]1[C@@H](c1ccc3ccccc3c1)N2.O=Cc1ccc2ccccc2c1. The molecule has 2 aliphatic heterocycles. The number of nitrogen functional groups attached to an aromatic ring is 1. The van der Waals surface area contributed by atoms with Crippen molar-refractivity contribution in [3.05, 3.63) is 240 Å². The number of fused-ring (bicyclic) bond motifs is 9. The average molecular weight is 1150 g/mol. The Morgan fingerprint density at radius 3 is 1.23 bits per heavy atom. The molecule has 13 rings (SSSR count). The lowest BCUT2D eigenvalue weighted by atomic mass is 9.77. The number of rotatable bonds is 12. The van der Waals surface area contributed by atoms with E-state index in [1.807, 2.05) is 54.6 Å². The predicted octanol–water partition coefficient (Wildman–Crippen LogP) is 17.3. The van der Waals surface area contributed by atoms with E-state index in [4.69, 9.17) is 26.2 Å². The topological polar surface area (TPSA) is 201 Å². The molecule has 9 aromatic carbocycles. The van der Waals surface area contributed by atoms with Crippen LogP contribution in [0.4, 0.5) is 17.1 Å². The van der Waals surface area contributed by atoms with Gasteiger partial charge < -0.3 is 16.4 Å². The zero-order valence-corrected chi connectivity index (χ0v) is 44.0. The Morgan fingerprint density at radius 2 is 0.815 bits per heavy atom. The van der Waals surface area contributed by atoms with E-state index >= 15 is 0 Å². The summed E-state index contributed by atoms with van der Waals surface area (Å²) in [6, 6.07) is 64.7. The maximum absolute atomic E-state index is 10.5. The molecular weight excluding hydrogens is 1070 g/mol. The number of aldehydes is 1. The maximum atomic E-state index is 10.5. The van der Waals surface area contributed by atoms with Crippen LogP contribution in [0.25, 0.3) is 32.3 Å². The van der Waals surface area contributed by atoms with Gasteiger partial charge in [-0.15, -0.1) is 28.0 Å². The van der Waals surface area contributed by atoms with Crippen molar-refractivity contribution < 1.29 is 32.8 Å². The molecule has 2 aliphatic carbocycles. The number of hydrogen-bond donors (Lipinski definition) is 6. The summed E-state index contributed by atoms with van der Waals surface area (Å²) in [4.78, 5) is 25.6. The van der Waals surface area contributed by atoms with E-state index in [9.17, 15) is 4.79 Å². The second kappa shape index (κ2) is 30.7. The number of carbonyl (C=O) groups is 1. The summed E-state index contributed by atoms with van der Waals surface area (Å²) in [7, 11) is 0. The van der Waals surface area contributed by atoms with Gasteiger partial charge in [-0.05, 0) is 158 Å². The number of benzene rings is 9. The molecular formula is C65H72N6O7S3. The van der Waals surface area contributed by atoms with Gasteiger partial charge in [0.25, 0.3) is 0 Å². The Labute approximate surface area is 489 Å². The van der Waals surface area contributed by atoms with Crippen LogP contribution >= 0.6 is 36.1 Å². The van der Waals surface area contributed by atoms with E-state index in [0.29, 0.717) is 41.4 Å². The summed E-state index contributed by atoms with van der Waals surface area (Å²) in [5.74, 6) is 16.4. The minimum atomic E-state index is 0. The summed E-state index contributed by atoms with van der Waals surface area (Å²) >= 11 is 3.28. The van der Waals surface area contributed by atoms with Crippen LogP contribution in [0.3, 0.4) is 0 Å². The summed E-state index contributed by atoms with van der Waals surface area (Å²) in [5, 5.41) is 15.0. The van der Waals surface area contributed by atoms with Crippen molar-refractivity contribution in [1.82, 2.24) is 0 Å². The largest absolute Gasteiger partial charge is 0.399 e. The first-order valence-electron chi connectivity index (χ1n) is 24.9. The van der Waals surface area contributed by atoms with Gasteiger partial charge in [0, 0.05) is 49.1 Å². The highest BCUT2D eigenvalue weighted by atomic mass is 32.2. The van der Waals surface area contributed by atoms with E-state index in [1.54, 1.807) is 24.3 Å². The Morgan fingerprint density at radius 1 is 0.432 bits per heavy atom. The van der Waals surface area contributed by atoms with E-state index in [0.717, 1.165) is 80.9 Å². The first-order chi connectivity index (χ1) is 37.9. The minimum absolute atomic E-state index is 0. The number of nitrogens with two attached hydrogens (primary N) is 4. The van der Waals surface area contributed by atoms with Crippen molar-refractivity contribution in [1.29, 1.82) is 0 Å². The predicted molar refractivity (Wildman–Crippen MR) is 337 cm³/mol. The molecule has 81 heavy (non-hydrogen) atoms. The van der Waals surface area contributed by atoms with Gasteiger partial charge in [0.05, 0.1) is 48.2 Å². The molecule has 0 radical (unpaired) electrons. The molecule has 13 nitrogen and oxygen atoms in total. The number of carbonyl (C=O) groups excluding carboxylic acids is 1. The quantitative estimate of drug-likeness (QED) is 0.0168. The third-order valence-electron chi connectivity index (χ3n) is 14.2. The second-order valence-electron chi connectivity index (χ2n) is 18.7. The van der Waals surface area contributed by atoms with Crippen LogP contribution in [0.2, 0.25) is 0 Å². The molecule has 0 saturated carbocycles. The molecule has 0 amide bonds. The fourth-order valence-electron chi connectivity index (χ4n) is 10.7. The van der Waals surface area contributed by atoms with Gasteiger partial charge in [0.1, 0.15) is 6.29 Å². The number of allylic oxidation sites excluding steroid dienone is 4. The summed E-state index contributed by atoms with van der Waals surface area (Å²) in [5.41, 5.74) is 14.5. The molecule has 0 spiro atoms. The molecule has 2 heterocycles. The fourth-order valence-corrected chi connectivity index (χ4v) is 11.9. The van der Waals surface area contributed by atoms with Crippen molar-refractivity contribution in [3.8, 4) is 0 Å². The zero-order valence-electron chi connectivity index (χ0n) is 41.6. The first kappa shape index (κ1) is 63.2. The van der Waals surface area contributed by atoms with Gasteiger partial charge in [-0.1, -0.05) is 163 Å². The third-order valence-corrected chi connectivity index (χ3v) is 16.0. The van der Waals surface area contributed by atoms with Crippen molar-refractivity contribution in [2.24, 2.45) is 29.5 Å². The molecule has 9 aromatic rings. The molecule has 16 heteroatoms. The average Bonchev–Trinajstić information content (AvgIpc) is 4.29. The highest BCUT2D eigenvalue weighted by Crippen LogP contribution is 2.52. The van der Waals surface area contributed by atoms with Gasteiger partial charge in [-0.25, -0.2) is 0 Å². The Balaban J connectivity index is 0.000000184. The second-order valence-corrected chi connectivity index (χ2v) is 21.0. The van der Waals surface area contributed by atoms with Crippen LogP contribution in [0.15, 0.2) is 227 Å². The van der Waals surface area contributed by atoms with Crippen LogP contribution in [0, 0.1) is 11.8 Å². The van der Waals surface area contributed by atoms with Gasteiger partial charge in [0.15, 0.2) is 0 Å². The summed E-state index contributed by atoms with van der Waals surface area (Å²) in [6.45, 7) is 0. The van der Waals surface area contributed by atoms with Crippen molar-refractivity contribution in [3.63, 3.8) is 0 Å². The first-order valence-corrected chi connectivity index (χ1v) is 27.1. The van der Waals surface area contributed by atoms with Crippen molar-refractivity contribution >= 4 is 91.8 Å². The Kier molecular flexibility index (Phi) is 24.0. The third kappa shape index (κ3) is 15.3. The van der Waals surface area contributed by atoms with Gasteiger partial charge in [-0.2, -0.15) is 17.7 Å². The number of anilines is 3. The van der Waals surface area contributed by atoms with Crippen LogP contribution < -0.4 is 34.1 Å². The van der Waals surface area contributed by atoms with Crippen LogP contribution in [-0.4, -0.2) is 6.29 Å². The lowest BCUT2D eigenvalue weighted by Crippen LogP contribution is -2.29. The molecule has 4 aliphatic rings. The molecule has 0 fully saturated rings. The number of hydrogen-bond acceptors (Lipinski definition) is 16. The van der Waals surface area contributed by atoms with Crippen LogP contribution in [0.1, 0.15) is 99.1 Å². The van der Waals surface area contributed by atoms with E-state index in [-0.39, 0.29) is 29.7 Å². The van der Waals surface area contributed by atoms with E-state index < -0.39 is 0 Å². The highest BCUT2D eigenvalue weighted by Gasteiger charge is 2.39. The fraction of sp³-hybridized carbons (Fsp3) is 0.185. The summed E-state index contributed by atoms with van der Waals surface area (Å²) in [6.07, 6.45) is 12.3. The molecule has 0 unspecified atom stereocenters. The minimum Gasteiger partial charge on any atom is -0.399 e. The molecule has 0 aromatic heterocycles. The summed E-state index contributed by atoms with van der Waals surface area (Å²) < 4.78 is 14.0. The van der Waals surface area contributed by atoms with Crippen LogP contribution in [0.5, 0.6) is 0 Å². The van der Waals surface area contributed by atoms with Crippen LogP contribution in [-0.2, 0) is 28.0 Å². The van der Waals surface area contributed by atoms with Crippen molar-refractivity contribution in [2.75, 3.05) is 16.4 Å². The highest BCUT2D eigenvalue weighted by molar-refractivity contribution is 7.95. The Bertz CT molecular complexity index is 3370. The molecule has 0 saturated heterocycles. The standard InChI is InChI=1S/2C22H20N2O2S.C11H8O.C6H8N2O2S.4CH4/c2*23-25-26-27-17-10-11-21-20(13-17)18-6-3-7-19(18)22(24-21)16-9-8-14-4-1-2-5-15(14)12-16;12-8-9-5-6-10-3-1-2-4-11(10)7-9;7-5-1-3-6(4-2-5)11-10-9-8;;;;/h2*1-6,8-13,18-19,22,24H,7,23H2;1-8H;1-4H,7-8H2;4*1H4/t2*18-,19+,22+;;;;;;/m10....../s1. The smallest absolute Gasteiger partial charge is 0.150 e. The van der Waals surface area contributed by atoms with Gasteiger partial charge >= 0.3 is 0 Å². The maximum Gasteiger partial charge on any atom is 0.150 e. The zero-order chi connectivity index (χ0) is 52.9. The molecule has 6 atom stereocenters. The number of nitrogens with one attached hydrogen (secondary N) is 2. The molecule has 10 N–H and O–H groups in total. The molecule has 422 valence electrons. The normalized spacial score (nSPS) is 18.2. The van der Waals surface area contributed by atoms with E-state index in [1.165, 1.54) is 60.6 Å². The van der Waals surface area contributed by atoms with Gasteiger partial charge in [-0.3, -0.25) is 4.79 Å². The Hall–Kier alpha value is -7.00. The lowest BCUT2D eigenvalue weighted by molar-refractivity contribution is -0.195. The van der Waals surface area contributed by atoms with E-state index in [2.05, 4.69) is 169 Å². The van der Waals surface area contributed by atoms with Gasteiger partial charge in [0.2, 0.25) is 0 Å². The monoisotopic (exact) mass is 1140 g/mol. The lowest BCUT2D eigenvalue weighted by Gasteiger charge is -2.37. The van der Waals surface area contributed by atoms with Crippen molar-refractivity contribution in [2.45, 2.75) is 81.2 Å². The molecule has 0 bridgehead atoms.